The van der Waals surface area contributed by atoms with Gasteiger partial charge in [0.15, 0.2) is 5.78 Å². The summed E-state index contributed by atoms with van der Waals surface area (Å²) in [5.41, 5.74) is 1.83. The fraction of sp³-hybridized carbons (Fsp3) is 0.235. The number of ether oxygens (including phenoxy) is 1. The lowest BCUT2D eigenvalue weighted by Crippen LogP contribution is -2.28. The first-order chi connectivity index (χ1) is 11.4. The SMILES string of the molecule is CC(=O)c1ccc(S(=O)(=O)Nc2ccc3c(c2)OCCN3C)cc1. The number of likely N-dealkylation sites (N-methyl/N-ethyl adjacent to an activating group) is 1. The van der Waals surface area contributed by atoms with E-state index in [0.717, 1.165) is 12.2 Å². The van der Waals surface area contributed by atoms with E-state index in [1.54, 1.807) is 12.1 Å². The number of sulfonamides is 1. The molecule has 1 N–H and O–H groups in total. The molecular weight excluding hydrogens is 328 g/mol. The van der Waals surface area contributed by atoms with Gasteiger partial charge in [-0.15, -0.1) is 0 Å². The van der Waals surface area contributed by atoms with Crippen LogP contribution in [0.25, 0.3) is 0 Å². The van der Waals surface area contributed by atoms with Crippen molar-refractivity contribution in [3.63, 3.8) is 0 Å². The van der Waals surface area contributed by atoms with Crippen LogP contribution in [0.5, 0.6) is 5.75 Å². The fourth-order valence-electron chi connectivity index (χ4n) is 2.50. The first-order valence-electron chi connectivity index (χ1n) is 7.48. The van der Waals surface area contributed by atoms with Crippen molar-refractivity contribution < 1.29 is 17.9 Å². The van der Waals surface area contributed by atoms with Gasteiger partial charge in [-0.05, 0) is 31.2 Å². The van der Waals surface area contributed by atoms with Crippen LogP contribution in [-0.2, 0) is 10.0 Å². The summed E-state index contributed by atoms with van der Waals surface area (Å²) in [6, 6.07) is 11.0. The minimum Gasteiger partial charge on any atom is -0.489 e. The van der Waals surface area contributed by atoms with Gasteiger partial charge in [-0.25, -0.2) is 8.42 Å². The molecule has 3 rings (SSSR count). The molecule has 2 aromatic carbocycles. The van der Waals surface area contributed by atoms with Gasteiger partial charge in [0.1, 0.15) is 12.4 Å². The molecule has 0 radical (unpaired) electrons. The Morgan fingerprint density at radius 1 is 1.17 bits per heavy atom. The quantitative estimate of drug-likeness (QED) is 0.861. The van der Waals surface area contributed by atoms with Crippen LogP contribution in [0.15, 0.2) is 47.4 Å². The van der Waals surface area contributed by atoms with Crippen molar-refractivity contribution in [3.8, 4) is 5.75 Å². The summed E-state index contributed by atoms with van der Waals surface area (Å²) in [6.45, 7) is 2.79. The molecule has 2 aromatic rings. The van der Waals surface area contributed by atoms with E-state index in [4.69, 9.17) is 4.74 Å². The van der Waals surface area contributed by atoms with Crippen molar-refractivity contribution in [1.29, 1.82) is 0 Å². The van der Waals surface area contributed by atoms with Crippen molar-refractivity contribution >= 4 is 27.2 Å². The van der Waals surface area contributed by atoms with Crippen LogP contribution in [-0.4, -0.2) is 34.4 Å². The second-order valence-corrected chi connectivity index (χ2v) is 7.32. The Bertz CT molecular complexity index is 876. The molecule has 0 saturated carbocycles. The van der Waals surface area contributed by atoms with E-state index in [-0.39, 0.29) is 10.7 Å². The number of rotatable bonds is 4. The molecule has 0 spiro atoms. The molecule has 126 valence electrons. The van der Waals surface area contributed by atoms with E-state index in [2.05, 4.69) is 9.62 Å². The van der Waals surface area contributed by atoms with Gasteiger partial charge < -0.3 is 9.64 Å². The zero-order chi connectivity index (χ0) is 17.3. The summed E-state index contributed by atoms with van der Waals surface area (Å²) in [4.78, 5) is 13.4. The van der Waals surface area contributed by atoms with Gasteiger partial charge >= 0.3 is 0 Å². The molecule has 6 nitrogen and oxygen atoms in total. The van der Waals surface area contributed by atoms with Crippen LogP contribution < -0.4 is 14.4 Å². The number of nitrogens with one attached hydrogen (secondary N) is 1. The number of fused-ring (bicyclic) bond motifs is 1. The highest BCUT2D eigenvalue weighted by molar-refractivity contribution is 7.92. The second kappa shape index (κ2) is 6.16. The molecule has 0 saturated heterocycles. The molecule has 7 heteroatoms. The van der Waals surface area contributed by atoms with Crippen LogP contribution in [0.4, 0.5) is 11.4 Å². The number of carbonyl (C=O) groups excluding carboxylic acids is 1. The summed E-state index contributed by atoms with van der Waals surface area (Å²) in [5.74, 6) is 0.541. The number of nitrogens with zero attached hydrogens (tertiary/aromatic N) is 1. The molecule has 0 bridgehead atoms. The Kier molecular flexibility index (Phi) is 4.19. The highest BCUT2D eigenvalue weighted by Gasteiger charge is 2.18. The van der Waals surface area contributed by atoms with Gasteiger partial charge in [-0.3, -0.25) is 9.52 Å². The van der Waals surface area contributed by atoms with E-state index in [0.29, 0.717) is 23.6 Å². The van der Waals surface area contributed by atoms with Gasteiger partial charge in [0, 0.05) is 18.7 Å². The normalized spacial score (nSPS) is 13.8. The number of carbonyl (C=O) groups is 1. The first-order valence-corrected chi connectivity index (χ1v) is 8.97. The van der Waals surface area contributed by atoms with Gasteiger partial charge in [0.05, 0.1) is 22.8 Å². The predicted octanol–water partition coefficient (Wildman–Crippen LogP) is 2.52. The van der Waals surface area contributed by atoms with Crippen LogP contribution in [0, 0.1) is 0 Å². The summed E-state index contributed by atoms with van der Waals surface area (Å²) in [5, 5.41) is 0. The van der Waals surface area contributed by atoms with Crippen molar-refractivity contribution in [2.24, 2.45) is 0 Å². The van der Waals surface area contributed by atoms with Crippen LogP contribution in [0.3, 0.4) is 0 Å². The van der Waals surface area contributed by atoms with Crippen molar-refractivity contribution in [3.05, 3.63) is 48.0 Å². The van der Waals surface area contributed by atoms with Crippen LogP contribution in [0.2, 0.25) is 0 Å². The Labute approximate surface area is 141 Å². The molecule has 1 aliphatic heterocycles. The van der Waals surface area contributed by atoms with Gasteiger partial charge in [0.2, 0.25) is 0 Å². The third-order valence-electron chi connectivity index (χ3n) is 3.88. The molecular formula is C17H18N2O4S. The number of hydrogen-bond donors (Lipinski definition) is 1. The Hall–Kier alpha value is -2.54. The molecule has 0 aliphatic carbocycles. The zero-order valence-electron chi connectivity index (χ0n) is 13.4. The molecule has 1 heterocycles. The number of hydrogen-bond acceptors (Lipinski definition) is 5. The number of benzene rings is 2. The summed E-state index contributed by atoms with van der Waals surface area (Å²) in [7, 11) is -1.77. The van der Waals surface area contributed by atoms with Crippen LogP contribution >= 0.6 is 0 Å². The Morgan fingerprint density at radius 2 is 1.88 bits per heavy atom. The minimum atomic E-state index is -3.73. The van der Waals surface area contributed by atoms with Crippen molar-refractivity contribution in [1.82, 2.24) is 0 Å². The number of anilines is 2. The second-order valence-electron chi connectivity index (χ2n) is 5.64. The molecule has 0 atom stereocenters. The smallest absolute Gasteiger partial charge is 0.261 e. The topological polar surface area (TPSA) is 75.7 Å². The third-order valence-corrected chi connectivity index (χ3v) is 5.28. The third kappa shape index (κ3) is 3.21. The summed E-state index contributed by atoms with van der Waals surface area (Å²) in [6.07, 6.45) is 0. The first kappa shape index (κ1) is 16.3. The van der Waals surface area contributed by atoms with E-state index < -0.39 is 10.0 Å². The standard InChI is InChI=1S/C17H18N2O4S/c1-12(20)13-3-6-15(7-4-13)24(21,22)18-14-5-8-16-17(11-14)23-10-9-19(16)2/h3-8,11,18H,9-10H2,1-2H3. The molecule has 24 heavy (non-hydrogen) atoms. The monoisotopic (exact) mass is 346 g/mol. The lowest BCUT2D eigenvalue weighted by Gasteiger charge is -2.28. The molecule has 0 amide bonds. The highest BCUT2D eigenvalue weighted by atomic mass is 32.2. The zero-order valence-corrected chi connectivity index (χ0v) is 14.3. The average molecular weight is 346 g/mol. The lowest BCUT2D eigenvalue weighted by molar-refractivity contribution is 0.101. The summed E-state index contributed by atoms with van der Waals surface area (Å²) >= 11 is 0. The molecule has 0 fully saturated rings. The van der Waals surface area contributed by atoms with Crippen molar-refractivity contribution in [2.75, 3.05) is 29.8 Å². The van der Waals surface area contributed by atoms with Gasteiger partial charge in [-0.2, -0.15) is 0 Å². The van der Waals surface area contributed by atoms with E-state index >= 15 is 0 Å². The maximum absolute atomic E-state index is 12.5. The van der Waals surface area contributed by atoms with Crippen LogP contribution in [0.1, 0.15) is 17.3 Å². The average Bonchev–Trinajstić information content (AvgIpc) is 2.54. The lowest BCUT2D eigenvalue weighted by atomic mass is 10.2. The van der Waals surface area contributed by atoms with E-state index in [9.17, 15) is 13.2 Å². The molecule has 0 aromatic heterocycles. The van der Waals surface area contributed by atoms with E-state index in [1.807, 2.05) is 13.1 Å². The summed E-state index contributed by atoms with van der Waals surface area (Å²) < 4.78 is 33.1. The predicted molar refractivity (Wildman–Crippen MR) is 92.5 cm³/mol. The number of ketones is 1. The fourth-order valence-corrected chi connectivity index (χ4v) is 3.55. The maximum Gasteiger partial charge on any atom is 0.261 e. The largest absolute Gasteiger partial charge is 0.489 e. The Balaban J connectivity index is 1.85. The van der Waals surface area contributed by atoms with E-state index in [1.165, 1.54) is 31.2 Å². The Morgan fingerprint density at radius 3 is 2.54 bits per heavy atom. The maximum atomic E-state index is 12.5. The van der Waals surface area contributed by atoms with Gasteiger partial charge in [-0.1, -0.05) is 12.1 Å². The molecule has 1 aliphatic rings. The minimum absolute atomic E-state index is 0.100. The number of Topliss-reactive ketones (excluding diaryl/α,β-unsaturated/α-hetero) is 1. The molecule has 0 unspecified atom stereocenters. The van der Waals surface area contributed by atoms with Crippen molar-refractivity contribution in [2.45, 2.75) is 11.8 Å². The highest BCUT2D eigenvalue weighted by Crippen LogP contribution is 2.33. The van der Waals surface area contributed by atoms with Gasteiger partial charge in [0.25, 0.3) is 10.0 Å².